The van der Waals surface area contributed by atoms with E-state index < -0.39 is 0 Å². The van der Waals surface area contributed by atoms with E-state index >= 15 is 0 Å². The summed E-state index contributed by atoms with van der Waals surface area (Å²) in [5.74, 6) is 0.0123. The monoisotopic (exact) mass is 415 g/mol. The molecule has 156 valence electrons. The average Bonchev–Trinajstić information content (AvgIpc) is 3.09. The van der Waals surface area contributed by atoms with E-state index in [0.29, 0.717) is 17.1 Å². The third-order valence-electron chi connectivity index (χ3n) is 6.02. The normalized spacial score (nSPS) is 20.7. The van der Waals surface area contributed by atoms with Gasteiger partial charge < -0.3 is 16.0 Å². The maximum Gasteiger partial charge on any atom is 0.263 e. The van der Waals surface area contributed by atoms with Crippen molar-refractivity contribution in [1.82, 2.24) is 20.1 Å². The Morgan fingerprint density at radius 1 is 1.17 bits per heavy atom. The Bertz CT molecular complexity index is 906. The van der Waals surface area contributed by atoms with Crippen LogP contribution < -0.4 is 11.1 Å². The number of nitrogens with one attached hydrogen (secondary N) is 1. The molecule has 1 atom stereocenters. The highest BCUT2D eigenvalue weighted by atomic mass is 32.1. The number of aromatic nitrogens is 1. The quantitative estimate of drug-likeness (QED) is 0.801. The molecule has 0 spiro atoms. The van der Waals surface area contributed by atoms with Crippen LogP contribution in [0.25, 0.3) is 10.2 Å². The van der Waals surface area contributed by atoms with Gasteiger partial charge >= 0.3 is 0 Å². The maximum atomic E-state index is 13.1. The van der Waals surface area contributed by atoms with Crippen molar-refractivity contribution < 1.29 is 9.59 Å². The number of nitrogens with zero attached hydrogens (tertiary/aromatic N) is 3. The minimum Gasteiger partial charge on any atom is -0.397 e. The predicted molar refractivity (Wildman–Crippen MR) is 116 cm³/mol. The number of anilines is 1. The summed E-state index contributed by atoms with van der Waals surface area (Å²) in [6.45, 7) is 3.33. The van der Waals surface area contributed by atoms with E-state index in [1.165, 1.54) is 30.6 Å². The molecule has 2 aliphatic rings. The van der Waals surface area contributed by atoms with Gasteiger partial charge in [-0.2, -0.15) is 0 Å². The van der Waals surface area contributed by atoms with Crippen LogP contribution in [0.2, 0.25) is 0 Å². The Morgan fingerprint density at radius 3 is 2.69 bits per heavy atom. The molecule has 0 aromatic carbocycles. The fraction of sp³-hybridized carbons (Fsp3) is 0.571. The summed E-state index contributed by atoms with van der Waals surface area (Å²) in [6, 6.07) is 3.91. The molecule has 2 saturated heterocycles. The number of hydrogen-bond acceptors (Lipinski definition) is 6. The van der Waals surface area contributed by atoms with Crippen molar-refractivity contribution >= 4 is 39.1 Å². The first-order valence-corrected chi connectivity index (χ1v) is 11.3. The number of hydrogen-bond donors (Lipinski definition) is 2. The molecule has 0 unspecified atom stereocenters. The van der Waals surface area contributed by atoms with Gasteiger partial charge in [-0.25, -0.2) is 4.98 Å². The number of piperidine rings is 2. The highest BCUT2D eigenvalue weighted by molar-refractivity contribution is 7.21. The van der Waals surface area contributed by atoms with Crippen molar-refractivity contribution in [2.24, 2.45) is 0 Å². The molecule has 4 rings (SSSR count). The molecule has 0 bridgehead atoms. The molecule has 0 aliphatic carbocycles. The lowest BCUT2D eigenvalue weighted by Gasteiger charge is -2.37. The van der Waals surface area contributed by atoms with E-state index in [2.05, 4.69) is 10.2 Å². The van der Waals surface area contributed by atoms with Crippen LogP contribution in [0.1, 0.15) is 59.9 Å². The number of rotatable bonds is 4. The number of nitrogens with two attached hydrogens (primary N) is 1. The average molecular weight is 416 g/mol. The number of likely N-dealkylation sites (tertiary alicyclic amines) is 2. The molecule has 2 aromatic heterocycles. The van der Waals surface area contributed by atoms with Crippen molar-refractivity contribution in [3.8, 4) is 0 Å². The minimum atomic E-state index is -0.192. The largest absolute Gasteiger partial charge is 0.397 e. The molecule has 3 N–H and O–H groups in total. The smallest absolute Gasteiger partial charge is 0.263 e. The van der Waals surface area contributed by atoms with E-state index in [1.807, 2.05) is 17.0 Å². The number of carbonyl (C=O) groups excluding carboxylic acids is 2. The van der Waals surface area contributed by atoms with Crippen LogP contribution in [-0.2, 0) is 4.79 Å². The summed E-state index contributed by atoms with van der Waals surface area (Å²) in [7, 11) is 1.60. The fourth-order valence-electron chi connectivity index (χ4n) is 4.42. The molecule has 4 heterocycles. The third kappa shape index (κ3) is 4.09. The number of pyridine rings is 1. The zero-order chi connectivity index (χ0) is 20.4. The van der Waals surface area contributed by atoms with Crippen molar-refractivity contribution in [2.75, 3.05) is 39.0 Å². The van der Waals surface area contributed by atoms with Crippen LogP contribution in [0.4, 0.5) is 5.69 Å². The number of fused-ring (bicyclic) bond motifs is 1. The zero-order valence-corrected chi connectivity index (χ0v) is 17.8. The molecule has 0 radical (unpaired) electrons. The zero-order valence-electron chi connectivity index (χ0n) is 16.9. The van der Waals surface area contributed by atoms with Crippen LogP contribution in [0.15, 0.2) is 12.1 Å². The molecule has 29 heavy (non-hydrogen) atoms. The van der Waals surface area contributed by atoms with E-state index in [0.717, 1.165) is 54.8 Å². The van der Waals surface area contributed by atoms with Gasteiger partial charge in [0.2, 0.25) is 5.91 Å². The van der Waals surface area contributed by atoms with Crippen LogP contribution >= 0.6 is 11.3 Å². The molecule has 2 amide bonds. The Hall–Kier alpha value is -2.19. The summed E-state index contributed by atoms with van der Waals surface area (Å²) in [4.78, 5) is 35.5. The Labute approximate surface area is 175 Å². The topological polar surface area (TPSA) is 91.6 Å². The lowest BCUT2D eigenvalue weighted by atomic mass is 9.98. The van der Waals surface area contributed by atoms with Crippen LogP contribution in [0.3, 0.4) is 0 Å². The van der Waals surface area contributed by atoms with Crippen LogP contribution in [0, 0.1) is 0 Å². The number of carbonyl (C=O) groups is 2. The first-order valence-electron chi connectivity index (χ1n) is 10.5. The van der Waals surface area contributed by atoms with Gasteiger partial charge in [-0.1, -0.05) is 6.42 Å². The molecule has 7 nitrogen and oxygen atoms in total. The van der Waals surface area contributed by atoms with Gasteiger partial charge in [0, 0.05) is 19.0 Å². The minimum absolute atomic E-state index is 0.00258. The van der Waals surface area contributed by atoms with E-state index in [9.17, 15) is 9.59 Å². The SMILES string of the molecule is CNC(=O)c1sc2nc([C@H]3CCCCN3C(=O)CN3CCCCC3)ccc2c1N. The van der Waals surface area contributed by atoms with Gasteiger partial charge in [-0.15, -0.1) is 11.3 Å². The first kappa shape index (κ1) is 20.1. The lowest BCUT2D eigenvalue weighted by molar-refractivity contribution is -0.136. The second-order valence-electron chi connectivity index (χ2n) is 7.95. The molecule has 2 aromatic rings. The highest BCUT2D eigenvalue weighted by Gasteiger charge is 2.30. The predicted octanol–water partition coefficient (Wildman–Crippen LogP) is 2.78. The van der Waals surface area contributed by atoms with E-state index in [-0.39, 0.29) is 17.9 Å². The number of thiophene rings is 1. The summed E-state index contributed by atoms with van der Waals surface area (Å²) >= 11 is 1.31. The molecule has 2 aliphatic heterocycles. The Morgan fingerprint density at radius 2 is 1.93 bits per heavy atom. The van der Waals surface area contributed by atoms with Crippen molar-refractivity contribution in [3.05, 3.63) is 22.7 Å². The molecule has 0 saturated carbocycles. The first-order chi connectivity index (χ1) is 14.1. The van der Waals surface area contributed by atoms with E-state index in [1.54, 1.807) is 7.05 Å². The van der Waals surface area contributed by atoms with Crippen molar-refractivity contribution in [2.45, 2.75) is 44.6 Å². The van der Waals surface area contributed by atoms with Crippen LogP contribution in [-0.4, -0.2) is 59.8 Å². The number of amides is 2. The second kappa shape index (κ2) is 8.67. The highest BCUT2D eigenvalue weighted by Crippen LogP contribution is 2.36. The summed E-state index contributed by atoms with van der Waals surface area (Å²) in [5.41, 5.74) is 7.54. The molecular formula is C21H29N5O2S. The van der Waals surface area contributed by atoms with Gasteiger partial charge in [-0.3, -0.25) is 14.5 Å². The van der Waals surface area contributed by atoms with Gasteiger partial charge in [0.15, 0.2) is 0 Å². The van der Waals surface area contributed by atoms with Gasteiger partial charge in [0.05, 0.1) is 24.0 Å². The fourth-order valence-corrected chi connectivity index (χ4v) is 5.46. The van der Waals surface area contributed by atoms with Crippen LogP contribution in [0.5, 0.6) is 0 Å². The lowest BCUT2D eigenvalue weighted by Crippen LogP contribution is -2.45. The maximum absolute atomic E-state index is 13.1. The van der Waals surface area contributed by atoms with Crippen molar-refractivity contribution in [1.29, 1.82) is 0 Å². The molecular weight excluding hydrogens is 386 g/mol. The van der Waals surface area contributed by atoms with Gasteiger partial charge in [-0.05, 0) is 57.3 Å². The van der Waals surface area contributed by atoms with Gasteiger partial charge in [0.25, 0.3) is 5.91 Å². The Kier molecular flexibility index (Phi) is 6.01. The standard InChI is InChI=1S/C21H29N5O2S/c1-23-20(28)19-18(22)14-8-9-15(24-21(14)29-19)16-7-3-6-12-26(16)17(27)13-25-10-4-2-5-11-25/h8-9,16H,2-7,10-13,22H2,1H3,(H,23,28)/t16-/m1/s1. The summed E-state index contributed by atoms with van der Waals surface area (Å²) in [6.07, 6.45) is 6.69. The van der Waals surface area contributed by atoms with Crippen molar-refractivity contribution in [3.63, 3.8) is 0 Å². The molecule has 8 heteroatoms. The Balaban J connectivity index is 1.58. The molecule has 2 fully saturated rings. The van der Waals surface area contributed by atoms with E-state index in [4.69, 9.17) is 10.7 Å². The summed E-state index contributed by atoms with van der Waals surface area (Å²) in [5, 5.41) is 3.43. The second-order valence-corrected chi connectivity index (χ2v) is 8.95. The third-order valence-corrected chi connectivity index (χ3v) is 7.13. The van der Waals surface area contributed by atoms with Gasteiger partial charge in [0.1, 0.15) is 9.71 Å². The number of nitrogen functional groups attached to an aromatic ring is 1. The summed E-state index contributed by atoms with van der Waals surface area (Å²) < 4.78 is 0.